The number of aromatic nitrogens is 3. The Balaban J connectivity index is 2.31. The van der Waals surface area contributed by atoms with E-state index in [9.17, 15) is 4.79 Å². The number of anilines is 2. The minimum atomic E-state index is -1.04. The van der Waals surface area contributed by atoms with E-state index in [-0.39, 0.29) is 11.5 Å². The summed E-state index contributed by atoms with van der Waals surface area (Å²) in [7, 11) is 0. The summed E-state index contributed by atoms with van der Waals surface area (Å²) in [5.41, 5.74) is 1.99. The second kappa shape index (κ2) is 4.87. The van der Waals surface area contributed by atoms with Crippen LogP contribution in [0.5, 0.6) is 0 Å². The first-order chi connectivity index (χ1) is 8.61. The molecule has 0 bridgehead atoms. The van der Waals surface area contributed by atoms with Gasteiger partial charge in [0.25, 0.3) is 0 Å². The van der Waals surface area contributed by atoms with Gasteiger partial charge in [0.1, 0.15) is 0 Å². The number of carboxylic acids is 1. The van der Waals surface area contributed by atoms with Gasteiger partial charge in [-0.25, -0.2) is 9.48 Å². The molecule has 6 heteroatoms. The molecule has 0 saturated carbocycles. The molecule has 18 heavy (non-hydrogen) atoms. The Bertz CT molecular complexity index is 560. The number of nitrogens with one attached hydrogen (secondary N) is 1. The minimum absolute atomic E-state index is 0.0677. The predicted octanol–water partition coefficient (Wildman–Crippen LogP) is 2.05. The first-order valence-corrected chi connectivity index (χ1v) is 5.62. The summed E-state index contributed by atoms with van der Waals surface area (Å²) >= 11 is 0. The SMILES string of the molecule is CCn1nnc(Nc2ccc(C)cc2)c1C(=O)O. The standard InChI is InChI=1S/C12H14N4O2/c1-3-16-10(12(17)18)11(14-15-16)13-9-6-4-8(2)5-7-9/h4-7,13H,3H2,1-2H3,(H,17,18). The number of aryl methyl sites for hydroxylation is 2. The predicted molar refractivity (Wildman–Crippen MR) is 67.1 cm³/mol. The van der Waals surface area contributed by atoms with Gasteiger partial charge in [0.2, 0.25) is 0 Å². The summed E-state index contributed by atoms with van der Waals surface area (Å²) in [5.74, 6) is -0.787. The lowest BCUT2D eigenvalue weighted by molar-refractivity contribution is 0.0684. The number of carbonyl (C=O) groups is 1. The number of rotatable bonds is 4. The van der Waals surface area contributed by atoms with Gasteiger partial charge in [-0.05, 0) is 26.0 Å². The van der Waals surface area contributed by atoms with Crippen LogP contribution in [0.25, 0.3) is 0 Å². The van der Waals surface area contributed by atoms with Crippen LogP contribution in [0.2, 0.25) is 0 Å². The van der Waals surface area contributed by atoms with Crippen LogP contribution in [0.4, 0.5) is 11.5 Å². The van der Waals surface area contributed by atoms with Crippen LogP contribution >= 0.6 is 0 Å². The Hall–Kier alpha value is -2.37. The highest BCUT2D eigenvalue weighted by Gasteiger charge is 2.18. The third-order valence-electron chi connectivity index (χ3n) is 2.55. The van der Waals surface area contributed by atoms with E-state index in [1.807, 2.05) is 38.1 Å². The zero-order valence-electron chi connectivity index (χ0n) is 10.2. The third-order valence-corrected chi connectivity index (χ3v) is 2.55. The molecule has 6 nitrogen and oxygen atoms in total. The molecule has 2 aromatic rings. The number of hydrogen-bond donors (Lipinski definition) is 2. The van der Waals surface area contributed by atoms with Crippen molar-refractivity contribution in [1.82, 2.24) is 15.0 Å². The quantitative estimate of drug-likeness (QED) is 0.863. The molecule has 0 spiro atoms. The van der Waals surface area contributed by atoms with Crippen LogP contribution in [0.3, 0.4) is 0 Å². The second-order valence-corrected chi connectivity index (χ2v) is 3.90. The van der Waals surface area contributed by atoms with Gasteiger partial charge < -0.3 is 10.4 Å². The molecule has 94 valence electrons. The van der Waals surface area contributed by atoms with E-state index in [2.05, 4.69) is 15.6 Å². The summed E-state index contributed by atoms with van der Waals surface area (Å²) < 4.78 is 1.35. The molecule has 0 aliphatic heterocycles. The highest BCUT2D eigenvalue weighted by Crippen LogP contribution is 2.18. The Morgan fingerprint density at radius 1 is 1.39 bits per heavy atom. The lowest BCUT2D eigenvalue weighted by atomic mass is 10.2. The molecule has 1 heterocycles. The average Bonchev–Trinajstić information content (AvgIpc) is 2.75. The number of aromatic carboxylic acids is 1. The smallest absolute Gasteiger partial charge is 0.358 e. The fourth-order valence-corrected chi connectivity index (χ4v) is 1.60. The van der Waals surface area contributed by atoms with Crippen molar-refractivity contribution in [2.24, 2.45) is 0 Å². The zero-order chi connectivity index (χ0) is 13.1. The van der Waals surface area contributed by atoms with Gasteiger partial charge in [-0.3, -0.25) is 0 Å². The maximum Gasteiger partial charge on any atom is 0.358 e. The summed E-state index contributed by atoms with van der Waals surface area (Å²) in [6, 6.07) is 7.61. The van der Waals surface area contributed by atoms with Crippen molar-refractivity contribution < 1.29 is 9.90 Å². The van der Waals surface area contributed by atoms with Gasteiger partial charge in [0, 0.05) is 12.2 Å². The molecule has 1 aromatic heterocycles. The lowest BCUT2D eigenvalue weighted by Crippen LogP contribution is -2.10. The maximum absolute atomic E-state index is 11.2. The van der Waals surface area contributed by atoms with E-state index in [0.717, 1.165) is 11.3 Å². The van der Waals surface area contributed by atoms with Gasteiger partial charge in [0.05, 0.1) is 0 Å². The van der Waals surface area contributed by atoms with Crippen molar-refractivity contribution in [3.8, 4) is 0 Å². The van der Waals surface area contributed by atoms with E-state index in [0.29, 0.717) is 6.54 Å². The molecule has 0 unspecified atom stereocenters. The van der Waals surface area contributed by atoms with Crippen LogP contribution in [0, 0.1) is 6.92 Å². The molecular weight excluding hydrogens is 232 g/mol. The molecule has 0 aliphatic rings. The molecule has 0 aliphatic carbocycles. The van der Waals surface area contributed by atoms with Crippen molar-refractivity contribution in [1.29, 1.82) is 0 Å². The Morgan fingerprint density at radius 2 is 2.06 bits per heavy atom. The van der Waals surface area contributed by atoms with Gasteiger partial charge >= 0.3 is 5.97 Å². The maximum atomic E-state index is 11.2. The number of nitrogens with zero attached hydrogens (tertiary/aromatic N) is 3. The van der Waals surface area contributed by atoms with Crippen molar-refractivity contribution in [2.75, 3.05) is 5.32 Å². The first kappa shape index (κ1) is 12.1. The van der Waals surface area contributed by atoms with E-state index in [4.69, 9.17) is 5.11 Å². The van der Waals surface area contributed by atoms with Crippen molar-refractivity contribution in [3.63, 3.8) is 0 Å². The normalized spacial score (nSPS) is 10.3. The van der Waals surface area contributed by atoms with Gasteiger partial charge in [-0.15, -0.1) is 5.10 Å². The second-order valence-electron chi connectivity index (χ2n) is 3.90. The van der Waals surface area contributed by atoms with Crippen molar-refractivity contribution in [2.45, 2.75) is 20.4 Å². The molecule has 0 fully saturated rings. The van der Waals surface area contributed by atoms with Crippen LogP contribution in [-0.2, 0) is 6.54 Å². The molecule has 2 rings (SSSR count). The molecule has 0 radical (unpaired) electrons. The van der Waals surface area contributed by atoms with E-state index in [1.165, 1.54) is 4.68 Å². The highest BCUT2D eigenvalue weighted by atomic mass is 16.4. The number of benzene rings is 1. The summed E-state index contributed by atoms with van der Waals surface area (Å²) in [6.07, 6.45) is 0. The number of hydrogen-bond acceptors (Lipinski definition) is 4. The number of carboxylic acid groups (broad SMARTS) is 1. The summed E-state index contributed by atoms with van der Waals surface area (Å²) in [5, 5.41) is 19.7. The Kier molecular flexibility index (Phi) is 3.27. The topological polar surface area (TPSA) is 80.0 Å². The molecule has 1 aromatic carbocycles. The van der Waals surface area contributed by atoms with Gasteiger partial charge in [-0.2, -0.15) is 0 Å². The van der Waals surface area contributed by atoms with Gasteiger partial charge in [0.15, 0.2) is 11.5 Å². The third kappa shape index (κ3) is 2.32. The monoisotopic (exact) mass is 246 g/mol. The van der Waals surface area contributed by atoms with Crippen LogP contribution in [0.15, 0.2) is 24.3 Å². The minimum Gasteiger partial charge on any atom is -0.476 e. The average molecular weight is 246 g/mol. The van der Waals surface area contributed by atoms with E-state index in [1.54, 1.807) is 0 Å². The molecule has 0 amide bonds. The fraction of sp³-hybridized carbons (Fsp3) is 0.250. The molecule has 0 saturated heterocycles. The largest absolute Gasteiger partial charge is 0.476 e. The zero-order valence-corrected chi connectivity index (χ0v) is 10.2. The molecule has 2 N–H and O–H groups in total. The Morgan fingerprint density at radius 3 is 2.61 bits per heavy atom. The van der Waals surface area contributed by atoms with E-state index < -0.39 is 5.97 Å². The summed E-state index contributed by atoms with van der Waals surface area (Å²) in [4.78, 5) is 11.2. The fourth-order valence-electron chi connectivity index (χ4n) is 1.60. The van der Waals surface area contributed by atoms with Crippen molar-refractivity contribution >= 4 is 17.5 Å². The highest BCUT2D eigenvalue weighted by molar-refractivity contribution is 5.91. The van der Waals surface area contributed by atoms with Crippen molar-refractivity contribution in [3.05, 3.63) is 35.5 Å². The van der Waals surface area contributed by atoms with Gasteiger partial charge in [-0.1, -0.05) is 22.9 Å². The van der Waals surface area contributed by atoms with Crippen LogP contribution in [0.1, 0.15) is 23.0 Å². The Labute approximate surface area is 104 Å². The molecule has 0 atom stereocenters. The summed E-state index contributed by atoms with van der Waals surface area (Å²) in [6.45, 7) is 4.26. The first-order valence-electron chi connectivity index (χ1n) is 5.62. The van der Waals surface area contributed by atoms with E-state index >= 15 is 0 Å². The lowest BCUT2D eigenvalue weighted by Gasteiger charge is -2.05. The van der Waals surface area contributed by atoms with Crippen LogP contribution < -0.4 is 5.32 Å². The van der Waals surface area contributed by atoms with Crippen LogP contribution in [-0.4, -0.2) is 26.1 Å². The molecular formula is C12H14N4O2.